The maximum atomic E-state index is 2.33. The lowest BCUT2D eigenvalue weighted by molar-refractivity contribution is 1.66. The molecule has 0 atom stereocenters. The summed E-state index contributed by atoms with van der Waals surface area (Å²) < 4.78 is 0. The number of hydrogen-bond donors (Lipinski definition) is 0. The smallest absolute Gasteiger partial charge is 0.115 e. The minimum Gasteiger partial charge on any atom is -0.115 e. The van der Waals surface area contributed by atoms with Crippen molar-refractivity contribution in [2.75, 3.05) is 0 Å². The summed E-state index contributed by atoms with van der Waals surface area (Å²) in [5, 5.41) is 2.75. The highest BCUT2D eigenvalue weighted by Crippen LogP contribution is 2.31. The minimum atomic E-state index is -0.459. The van der Waals surface area contributed by atoms with Gasteiger partial charge < -0.3 is 0 Å². The molecule has 3 rings (SSSR count). The predicted octanol–water partition coefficient (Wildman–Crippen LogP) is 4.41. The fourth-order valence-corrected chi connectivity index (χ4v) is 4.19. The molecule has 0 heterocycles. The normalized spacial score (nSPS) is 11.0. The summed E-state index contributed by atoms with van der Waals surface area (Å²) in [6.45, 7) is 2.33. The average molecular weight is 299 g/mol. The fourth-order valence-electron chi connectivity index (χ4n) is 2.30. The lowest BCUT2D eigenvalue weighted by atomic mass is 10.1. The Morgan fingerprint density at radius 2 is 1.05 bits per heavy atom. The highest BCUT2D eigenvalue weighted by molar-refractivity contribution is 7.98. The van der Waals surface area contributed by atoms with E-state index in [2.05, 4.69) is 104 Å². The molecule has 2 heteroatoms. The zero-order chi connectivity index (χ0) is 15.0. The molecule has 0 spiro atoms. The van der Waals surface area contributed by atoms with Crippen LogP contribution in [0.5, 0.6) is 0 Å². The molecule has 105 valence electrons. The van der Waals surface area contributed by atoms with Crippen LogP contribution in [-0.2, 0) is 0 Å². The second-order valence-electron chi connectivity index (χ2n) is 4.96. The Balaban J connectivity index is 1.82. The number of rotatable bonds is 5. The molecule has 1 radical (unpaired) electrons. The average Bonchev–Trinajstić information content (AvgIpc) is 2.61. The van der Waals surface area contributed by atoms with E-state index in [1.54, 1.807) is 0 Å². The van der Waals surface area contributed by atoms with Crippen molar-refractivity contribution in [1.29, 1.82) is 0 Å². The molecule has 0 unspecified atom stereocenters. The molecular formula is C20H17BP. The van der Waals surface area contributed by atoms with Gasteiger partial charge >= 0.3 is 0 Å². The van der Waals surface area contributed by atoms with E-state index in [0.717, 1.165) is 0 Å². The summed E-state index contributed by atoms with van der Waals surface area (Å²) in [6.07, 6.45) is 2.17. The van der Waals surface area contributed by atoms with E-state index >= 15 is 0 Å². The van der Waals surface area contributed by atoms with Gasteiger partial charge in [-0.25, -0.2) is 0 Å². The summed E-state index contributed by atoms with van der Waals surface area (Å²) in [4.78, 5) is 0. The maximum Gasteiger partial charge on any atom is 0.188 e. The van der Waals surface area contributed by atoms with Gasteiger partial charge in [-0.05, 0) is 16.2 Å². The summed E-state index contributed by atoms with van der Waals surface area (Å²) in [6, 6.07) is 31.9. The van der Waals surface area contributed by atoms with Gasteiger partial charge in [0.1, 0.15) is 0 Å². The van der Waals surface area contributed by atoms with Gasteiger partial charge in [0.25, 0.3) is 0 Å². The quantitative estimate of drug-likeness (QED) is 0.483. The molecule has 0 amide bonds. The van der Waals surface area contributed by atoms with Crippen LogP contribution in [0.2, 0.25) is 0 Å². The van der Waals surface area contributed by atoms with Crippen molar-refractivity contribution in [2.24, 2.45) is 0 Å². The van der Waals surface area contributed by atoms with Crippen LogP contribution in [0.3, 0.4) is 0 Å². The van der Waals surface area contributed by atoms with Crippen LogP contribution in [0.1, 0.15) is 5.56 Å². The van der Waals surface area contributed by atoms with Crippen molar-refractivity contribution in [3.05, 3.63) is 103 Å². The molecule has 0 bridgehead atoms. The number of hydrogen-bond acceptors (Lipinski definition) is 0. The van der Waals surface area contributed by atoms with Crippen LogP contribution < -0.4 is 10.6 Å². The van der Waals surface area contributed by atoms with E-state index < -0.39 is 7.80 Å². The van der Waals surface area contributed by atoms with E-state index in [1.807, 2.05) is 6.07 Å². The van der Waals surface area contributed by atoms with Crippen molar-refractivity contribution < 1.29 is 0 Å². The van der Waals surface area contributed by atoms with Crippen molar-refractivity contribution in [3.63, 3.8) is 0 Å². The molecule has 0 nitrogen and oxygen atoms in total. The van der Waals surface area contributed by atoms with E-state index in [-0.39, 0.29) is 0 Å². The molecule has 0 N–H and O–H groups in total. The standard InChI is InChI=1S/C20H17BP/c1-4-10-18(11-5-1)16-17-21-22(19-12-6-2-7-13-19)20-14-8-3-9-15-20/h1-17H. The molecule has 3 aromatic rings. The van der Waals surface area contributed by atoms with Crippen molar-refractivity contribution >= 4 is 31.5 Å². The Labute approximate surface area is 134 Å². The molecular weight excluding hydrogens is 282 g/mol. The molecule has 22 heavy (non-hydrogen) atoms. The zero-order valence-corrected chi connectivity index (χ0v) is 13.2. The fraction of sp³-hybridized carbons (Fsp3) is 0. The van der Waals surface area contributed by atoms with Crippen LogP contribution in [0.15, 0.2) is 97.0 Å². The zero-order valence-electron chi connectivity index (χ0n) is 12.3. The SMILES string of the molecule is [B](C=Cc1ccccc1)P(c1ccccc1)c1ccccc1. The van der Waals surface area contributed by atoms with Gasteiger partial charge in [-0.1, -0.05) is 105 Å². The Kier molecular flexibility index (Phi) is 5.24. The van der Waals surface area contributed by atoms with Gasteiger partial charge in [0, 0.05) is 0 Å². The second kappa shape index (κ2) is 7.78. The Morgan fingerprint density at radius 1 is 0.591 bits per heavy atom. The first-order valence-electron chi connectivity index (χ1n) is 7.39. The largest absolute Gasteiger partial charge is 0.188 e. The molecule has 3 aromatic carbocycles. The van der Waals surface area contributed by atoms with Crippen molar-refractivity contribution in [3.8, 4) is 0 Å². The highest BCUT2D eigenvalue weighted by Gasteiger charge is 2.12. The lowest BCUT2D eigenvalue weighted by Crippen LogP contribution is -2.14. The number of benzene rings is 3. The Hall–Kier alpha value is -2.11. The van der Waals surface area contributed by atoms with E-state index in [1.165, 1.54) is 16.2 Å². The van der Waals surface area contributed by atoms with Crippen LogP contribution in [-0.4, -0.2) is 7.00 Å². The minimum absolute atomic E-state index is 0.459. The third kappa shape index (κ3) is 3.96. The third-order valence-electron chi connectivity index (χ3n) is 3.39. The highest BCUT2D eigenvalue weighted by atomic mass is 31.1. The molecule has 0 fully saturated rings. The Bertz CT molecular complexity index is 669. The van der Waals surface area contributed by atoms with Gasteiger partial charge in [-0.15, -0.1) is 5.98 Å². The summed E-state index contributed by atoms with van der Waals surface area (Å²) in [7, 11) is -0.459. The molecule has 0 aliphatic heterocycles. The van der Waals surface area contributed by atoms with Crippen LogP contribution >= 0.6 is 7.80 Å². The first kappa shape index (κ1) is 14.8. The van der Waals surface area contributed by atoms with Gasteiger partial charge in [0.05, 0.1) is 0 Å². The summed E-state index contributed by atoms with van der Waals surface area (Å²) in [5.74, 6) is 2.18. The van der Waals surface area contributed by atoms with Crippen LogP contribution in [0.4, 0.5) is 0 Å². The molecule has 0 saturated carbocycles. The van der Waals surface area contributed by atoms with E-state index in [9.17, 15) is 0 Å². The Morgan fingerprint density at radius 3 is 1.55 bits per heavy atom. The summed E-state index contributed by atoms with van der Waals surface area (Å²) >= 11 is 0. The van der Waals surface area contributed by atoms with Crippen LogP contribution in [0.25, 0.3) is 6.08 Å². The van der Waals surface area contributed by atoms with Crippen molar-refractivity contribution in [2.45, 2.75) is 0 Å². The molecule has 0 saturated heterocycles. The second-order valence-corrected chi connectivity index (χ2v) is 7.03. The molecule has 0 aliphatic rings. The van der Waals surface area contributed by atoms with Gasteiger partial charge in [-0.3, -0.25) is 0 Å². The molecule has 0 aliphatic carbocycles. The van der Waals surface area contributed by atoms with E-state index in [4.69, 9.17) is 0 Å². The van der Waals surface area contributed by atoms with Gasteiger partial charge in [-0.2, -0.15) is 0 Å². The van der Waals surface area contributed by atoms with Gasteiger partial charge in [0.15, 0.2) is 7.00 Å². The third-order valence-corrected chi connectivity index (χ3v) is 5.57. The monoisotopic (exact) mass is 299 g/mol. The van der Waals surface area contributed by atoms with Crippen LogP contribution in [0, 0.1) is 0 Å². The van der Waals surface area contributed by atoms with Gasteiger partial charge in [0.2, 0.25) is 0 Å². The topological polar surface area (TPSA) is 0 Å². The van der Waals surface area contributed by atoms with Crippen molar-refractivity contribution in [1.82, 2.24) is 0 Å². The summed E-state index contributed by atoms with van der Waals surface area (Å²) in [5.41, 5.74) is 1.23. The predicted molar refractivity (Wildman–Crippen MR) is 100 cm³/mol. The molecule has 0 aromatic heterocycles. The van der Waals surface area contributed by atoms with E-state index in [0.29, 0.717) is 0 Å². The first-order chi connectivity index (χ1) is 10.9. The first-order valence-corrected chi connectivity index (χ1v) is 8.80. The maximum absolute atomic E-state index is 2.33. The lowest BCUT2D eigenvalue weighted by Gasteiger charge is -2.16.